The molecule has 1 aliphatic heterocycles. The Morgan fingerprint density at radius 2 is 1.68 bits per heavy atom. The Morgan fingerprint density at radius 3 is 2.32 bits per heavy atom. The molecule has 3 amide bonds. The Balaban J connectivity index is 1.52. The lowest BCUT2D eigenvalue weighted by atomic mass is 9.81. The number of urea groups is 1. The van der Waals surface area contributed by atoms with Gasteiger partial charge in [-0.25, -0.2) is 4.79 Å². The van der Waals surface area contributed by atoms with E-state index in [0.29, 0.717) is 26.2 Å². The second-order valence-corrected chi connectivity index (χ2v) is 7.30. The monoisotopic (exact) mass is 344 g/mol. The molecular weight excluding hydrogens is 316 g/mol. The first-order chi connectivity index (χ1) is 12.0. The third-order valence-corrected chi connectivity index (χ3v) is 5.30. The molecular formula is C19H28N4O2. The van der Waals surface area contributed by atoms with Crippen LogP contribution in [0.2, 0.25) is 0 Å². The van der Waals surface area contributed by atoms with E-state index < -0.39 is 5.54 Å². The highest BCUT2D eigenvalue weighted by Crippen LogP contribution is 2.28. The summed E-state index contributed by atoms with van der Waals surface area (Å²) in [5.74, 6) is 0.0611. The zero-order valence-corrected chi connectivity index (χ0v) is 15.0. The van der Waals surface area contributed by atoms with Gasteiger partial charge in [-0.15, -0.1) is 0 Å². The number of hydrogen-bond donors (Lipinski definition) is 2. The van der Waals surface area contributed by atoms with Gasteiger partial charge in [-0.3, -0.25) is 4.79 Å². The number of carbonyl (C=O) groups is 2. The lowest BCUT2D eigenvalue weighted by Crippen LogP contribution is -2.60. The van der Waals surface area contributed by atoms with Crippen LogP contribution in [0.25, 0.3) is 0 Å². The van der Waals surface area contributed by atoms with Crippen molar-refractivity contribution in [3.63, 3.8) is 0 Å². The van der Waals surface area contributed by atoms with Crippen molar-refractivity contribution >= 4 is 17.6 Å². The Labute approximate surface area is 149 Å². The van der Waals surface area contributed by atoms with Crippen molar-refractivity contribution in [1.29, 1.82) is 0 Å². The molecule has 1 saturated carbocycles. The van der Waals surface area contributed by atoms with E-state index in [0.717, 1.165) is 36.9 Å². The lowest BCUT2D eigenvalue weighted by molar-refractivity contribution is -0.139. The molecule has 3 rings (SSSR count). The molecule has 1 aliphatic carbocycles. The highest BCUT2D eigenvalue weighted by Gasteiger charge is 2.39. The molecule has 0 radical (unpaired) electrons. The summed E-state index contributed by atoms with van der Waals surface area (Å²) >= 11 is 0. The summed E-state index contributed by atoms with van der Waals surface area (Å²) in [6.45, 7) is 4.19. The molecule has 25 heavy (non-hydrogen) atoms. The smallest absolute Gasteiger partial charge is 0.321 e. The number of carbonyl (C=O) groups excluding carboxylic acids is 2. The van der Waals surface area contributed by atoms with E-state index in [4.69, 9.17) is 5.73 Å². The number of nitrogens with two attached hydrogens (primary N) is 1. The van der Waals surface area contributed by atoms with Gasteiger partial charge in [-0.2, -0.15) is 0 Å². The van der Waals surface area contributed by atoms with Crippen molar-refractivity contribution in [2.75, 3.05) is 31.5 Å². The molecule has 6 nitrogen and oxygen atoms in total. The van der Waals surface area contributed by atoms with Gasteiger partial charge in [0.2, 0.25) is 5.91 Å². The highest BCUT2D eigenvalue weighted by molar-refractivity contribution is 5.90. The molecule has 1 saturated heterocycles. The molecule has 6 heteroatoms. The van der Waals surface area contributed by atoms with Crippen LogP contribution in [-0.2, 0) is 4.79 Å². The van der Waals surface area contributed by atoms with Gasteiger partial charge in [-0.1, -0.05) is 31.4 Å². The van der Waals surface area contributed by atoms with Crippen LogP contribution in [0, 0.1) is 6.92 Å². The van der Waals surface area contributed by atoms with Crippen molar-refractivity contribution in [3.05, 3.63) is 29.8 Å². The number of aryl methyl sites for hydroxylation is 1. The third-order valence-electron chi connectivity index (χ3n) is 5.30. The minimum Gasteiger partial charge on any atom is -0.338 e. The summed E-state index contributed by atoms with van der Waals surface area (Å²) in [4.78, 5) is 28.8. The number of amides is 3. The van der Waals surface area contributed by atoms with Gasteiger partial charge in [0.1, 0.15) is 0 Å². The fraction of sp³-hybridized carbons (Fsp3) is 0.579. The molecule has 0 spiro atoms. The van der Waals surface area contributed by atoms with Gasteiger partial charge in [0.05, 0.1) is 5.54 Å². The number of rotatable bonds is 2. The van der Waals surface area contributed by atoms with Crippen LogP contribution in [0.1, 0.15) is 37.7 Å². The number of benzene rings is 1. The molecule has 3 N–H and O–H groups in total. The maximum atomic E-state index is 12.8. The van der Waals surface area contributed by atoms with Gasteiger partial charge in [0.15, 0.2) is 0 Å². The Kier molecular flexibility index (Phi) is 5.27. The van der Waals surface area contributed by atoms with E-state index in [2.05, 4.69) is 5.32 Å². The van der Waals surface area contributed by atoms with Crippen molar-refractivity contribution in [2.24, 2.45) is 5.73 Å². The summed E-state index contributed by atoms with van der Waals surface area (Å²) in [5, 5.41) is 2.93. The molecule has 136 valence electrons. The van der Waals surface area contributed by atoms with E-state index in [9.17, 15) is 9.59 Å². The summed E-state index contributed by atoms with van der Waals surface area (Å²) in [6.07, 6.45) is 4.78. The number of piperazine rings is 1. The Morgan fingerprint density at radius 1 is 1.04 bits per heavy atom. The molecule has 2 aliphatic rings. The van der Waals surface area contributed by atoms with Crippen LogP contribution in [0.15, 0.2) is 24.3 Å². The second kappa shape index (κ2) is 7.44. The summed E-state index contributed by atoms with van der Waals surface area (Å²) in [5.41, 5.74) is 7.57. The van der Waals surface area contributed by atoms with Gasteiger partial charge < -0.3 is 20.9 Å². The predicted molar refractivity (Wildman–Crippen MR) is 98.4 cm³/mol. The van der Waals surface area contributed by atoms with Crippen molar-refractivity contribution < 1.29 is 9.59 Å². The van der Waals surface area contributed by atoms with E-state index in [1.54, 1.807) is 4.90 Å². The van der Waals surface area contributed by atoms with Crippen LogP contribution >= 0.6 is 0 Å². The van der Waals surface area contributed by atoms with E-state index in [1.165, 1.54) is 6.42 Å². The first-order valence-corrected chi connectivity index (χ1v) is 9.19. The first kappa shape index (κ1) is 17.7. The first-order valence-electron chi connectivity index (χ1n) is 9.19. The molecule has 0 atom stereocenters. The number of hydrogen-bond acceptors (Lipinski definition) is 3. The average molecular weight is 344 g/mol. The molecule has 0 bridgehead atoms. The van der Waals surface area contributed by atoms with Crippen LogP contribution in [-0.4, -0.2) is 53.5 Å². The maximum Gasteiger partial charge on any atom is 0.321 e. The zero-order valence-electron chi connectivity index (χ0n) is 15.0. The van der Waals surface area contributed by atoms with Crippen LogP contribution in [0.5, 0.6) is 0 Å². The lowest BCUT2D eigenvalue weighted by Gasteiger charge is -2.41. The fourth-order valence-electron chi connectivity index (χ4n) is 3.75. The number of anilines is 1. The van der Waals surface area contributed by atoms with E-state index in [1.807, 2.05) is 36.1 Å². The molecule has 1 heterocycles. The van der Waals surface area contributed by atoms with E-state index in [-0.39, 0.29) is 11.9 Å². The fourth-order valence-corrected chi connectivity index (χ4v) is 3.75. The van der Waals surface area contributed by atoms with Crippen LogP contribution < -0.4 is 11.1 Å². The minimum absolute atomic E-state index is 0.0611. The molecule has 1 aromatic rings. The summed E-state index contributed by atoms with van der Waals surface area (Å²) in [7, 11) is 0. The Hall–Kier alpha value is -2.08. The zero-order chi connectivity index (χ0) is 17.9. The molecule has 0 unspecified atom stereocenters. The Bertz CT molecular complexity index is 632. The van der Waals surface area contributed by atoms with Gasteiger partial charge in [0, 0.05) is 31.9 Å². The van der Waals surface area contributed by atoms with Crippen molar-refractivity contribution in [1.82, 2.24) is 9.80 Å². The predicted octanol–water partition coefficient (Wildman–Crippen LogP) is 2.33. The number of nitrogens with one attached hydrogen (secondary N) is 1. The number of nitrogens with zero attached hydrogens (tertiary/aromatic N) is 2. The summed E-state index contributed by atoms with van der Waals surface area (Å²) in [6, 6.07) is 7.63. The standard InChI is InChI=1S/C19H28N4O2/c1-15-6-5-7-16(14-15)21-18(25)23-12-10-22(11-13-23)17(24)19(20)8-3-2-4-9-19/h5-7,14H,2-4,8-13,20H2,1H3,(H,21,25). The van der Waals surface area contributed by atoms with Gasteiger partial charge >= 0.3 is 6.03 Å². The van der Waals surface area contributed by atoms with Crippen LogP contribution in [0.3, 0.4) is 0 Å². The van der Waals surface area contributed by atoms with Crippen molar-refractivity contribution in [3.8, 4) is 0 Å². The van der Waals surface area contributed by atoms with E-state index >= 15 is 0 Å². The van der Waals surface area contributed by atoms with Crippen LogP contribution in [0.4, 0.5) is 10.5 Å². The maximum absolute atomic E-state index is 12.8. The molecule has 0 aromatic heterocycles. The third kappa shape index (κ3) is 4.12. The minimum atomic E-state index is -0.690. The van der Waals surface area contributed by atoms with Gasteiger partial charge in [0.25, 0.3) is 0 Å². The molecule has 1 aromatic carbocycles. The highest BCUT2D eigenvalue weighted by atomic mass is 16.2. The molecule has 2 fully saturated rings. The normalized spacial score (nSPS) is 20.2. The largest absolute Gasteiger partial charge is 0.338 e. The quantitative estimate of drug-likeness (QED) is 0.864. The SMILES string of the molecule is Cc1cccc(NC(=O)N2CCN(C(=O)C3(N)CCCCC3)CC2)c1. The topological polar surface area (TPSA) is 78.7 Å². The summed E-state index contributed by atoms with van der Waals surface area (Å²) < 4.78 is 0. The second-order valence-electron chi connectivity index (χ2n) is 7.30. The van der Waals surface area contributed by atoms with Gasteiger partial charge in [-0.05, 0) is 37.5 Å². The average Bonchev–Trinajstić information content (AvgIpc) is 2.62. The van der Waals surface area contributed by atoms with Crippen molar-refractivity contribution in [2.45, 2.75) is 44.6 Å².